The fraction of sp³-hybridized carbons (Fsp3) is 0.467. The third kappa shape index (κ3) is 2.91. The van der Waals surface area contributed by atoms with Gasteiger partial charge >= 0.3 is 0 Å². The Balaban J connectivity index is 1.79. The summed E-state index contributed by atoms with van der Waals surface area (Å²) in [6.07, 6.45) is 3.00. The number of ether oxygens (including phenoxy) is 1. The number of fused-ring (bicyclic) bond motifs is 1. The van der Waals surface area contributed by atoms with Crippen LogP contribution in [0.1, 0.15) is 24.5 Å². The first-order valence-electron chi connectivity index (χ1n) is 7.09. The third-order valence-electron chi connectivity index (χ3n) is 4.21. The van der Waals surface area contributed by atoms with Crippen molar-refractivity contribution in [3.05, 3.63) is 30.0 Å². The SMILES string of the molecule is COc1ccc2[nH]c(C3CCN(S(C)(=O)=O)CC3)cc2c1. The highest BCUT2D eigenvalue weighted by atomic mass is 32.2. The van der Waals surface area contributed by atoms with E-state index < -0.39 is 10.0 Å². The Morgan fingerprint density at radius 2 is 1.95 bits per heavy atom. The van der Waals surface area contributed by atoms with E-state index in [1.54, 1.807) is 11.4 Å². The van der Waals surface area contributed by atoms with E-state index in [-0.39, 0.29) is 0 Å². The number of sulfonamides is 1. The summed E-state index contributed by atoms with van der Waals surface area (Å²) in [5.41, 5.74) is 2.28. The smallest absolute Gasteiger partial charge is 0.211 e. The molecule has 1 aromatic carbocycles. The molecule has 114 valence electrons. The molecule has 2 heterocycles. The molecule has 0 unspecified atom stereocenters. The van der Waals surface area contributed by atoms with Crippen LogP contribution >= 0.6 is 0 Å². The predicted octanol–water partition coefficient (Wildman–Crippen LogP) is 2.32. The summed E-state index contributed by atoms with van der Waals surface area (Å²) in [7, 11) is -1.40. The number of nitrogens with zero attached hydrogens (tertiary/aromatic N) is 1. The van der Waals surface area contributed by atoms with E-state index in [1.165, 1.54) is 11.9 Å². The number of piperidine rings is 1. The van der Waals surface area contributed by atoms with Gasteiger partial charge in [0, 0.05) is 35.6 Å². The first-order chi connectivity index (χ1) is 9.97. The van der Waals surface area contributed by atoms with Gasteiger partial charge < -0.3 is 9.72 Å². The van der Waals surface area contributed by atoms with Gasteiger partial charge in [-0.1, -0.05) is 0 Å². The van der Waals surface area contributed by atoms with Gasteiger partial charge in [0.25, 0.3) is 0 Å². The number of rotatable bonds is 3. The lowest BCUT2D eigenvalue weighted by molar-refractivity contribution is 0.319. The van der Waals surface area contributed by atoms with Crippen molar-refractivity contribution in [2.75, 3.05) is 26.5 Å². The van der Waals surface area contributed by atoms with Crippen molar-refractivity contribution in [2.45, 2.75) is 18.8 Å². The van der Waals surface area contributed by atoms with E-state index in [1.807, 2.05) is 18.2 Å². The number of H-pyrrole nitrogens is 1. The van der Waals surface area contributed by atoms with Crippen molar-refractivity contribution in [1.29, 1.82) is 0 Å². The molecule has 0 atom stereocenters. The van der Waals surface area contributed by atoms with Crippen molar-refractivity contribution in [1.82, 2.24) is 9.29 Å². The Bertz CT molecular complexity index is 743. The van der Waals surface area contributed by atoms with Gasteiger partial charge in [-0.2, -0.15) is 0 Å². The molecule has 0 aliphatic carbocycles. The van der Waals surface area contributed by atoms with Crippen molar-refractivity contribution in [2.24, 2.45) is 0 Å². The van der Waals surface area contributed by atoms with Gasteiger partial charge in [-0.05, 0) is 37.1 Å². The maximum atomic E-state index is 11.5. The van der Waals surface area contributed by atoms with E-state index >= 15 is 0 Å². The summed E-state index contributed by atoms with van der Waals surface area (Å²) >= 11 is 0. The van der Waals surface area contributed by atoms with Crippen molar-refractivity contribution in [3.63, 3.8) is 0 Å². The molecule has 1 aliphatic heterocycles. The van der Waals surface area contributed by atoms with Crippen LogP contribution in [-0.2, 0) is 10.0 Å². The molecular weight excluding hydrogens is 288 g/mol. The molecule has 1 aromatic heterocycles. The average Bonchev–Trinajstić information content (AvgIpc) is 2.89. The van der Waals surface area contributed by atoms with Gasteiger partial charge in [0.05, 0.1) is 13.4 Å². The molecule has 3 rings (SSSR count). The van der Waals surface area contributed by atoms with Gasteiger partial charge in [0.15, 0.2) is 0 Å². The highest BCUT2D eigenvalue weighted by Gasteiger charge is 2.26. The zero-order valence-electron chi connectivity index (χ0n) is 12.3. The van der Waals surface area contributed by atoms with E-state index in [0.29, 0.717) is 19.0 Å². The largest absolute Gasteiger partial charge is 0.497 e. The van der Waals surface area contributed by atoms with Crippen LogP contribution in [0, 0.1) is 0 Å². The second-order valence-corrected chi connectivity index (χ2v) is 7.60. The van der Waals surface area contributed by atoms with E-state index in [4.69, 9.17) is 4.74 Å². The van der Waals surface area contributed by atoms with E-state index in [0.717, 1.165) is 29.5 Å². The highest BCUT2D eigenvalue weighted by Crippen LogP contribution is 2.31. The summed E-state index contributed by atoms with van der Waals surface area (Å²) in [4.78, 5) is 3.45. The van der Waals surface area contributed by atoms with Crippen LogP contribution in [0.4, 0.5) is 0 Å². The van der Waals surface area contributed by atoms with E-state index in [2.05, 4.69) is 11.1 Å². The van der Waals surface area contributed by atoms with Crippen LogP contribution in [0.15, 0.2) is 24.3 Å². The second kappa shape index (κ2) is 5.35. The standard InChI is InChI=1S/C15H20N2O3S/c1-20-13-3-4-14-12(9-13)10-15(16-14)11-5-7-17(8-6-11)21(2,18)19/h3-4,9-11,16H,5-8H2,1-2H3. The number of hydrogen-bond acceptors (Lipinski definition) is 3. The van der Waals surface area contributed by atoms with Crippen molar-refractivity contribution in [3.8, 4) is 5.75 Å². The van der Waals surface area contributed by atoms with Crippen molar-refractivity contribution >= 4 is 20.9 Å². The quantitative estimate of drug-likeness (QED) is 0.946. The van der Waals surface area contributed by atoms with Gasteiger partial charge in [-0.15, -0.1) is 0 Å². The second-order valence-electron chi connectivity index (χ2n) is 5.61. The maximum absolute atomic E-state index is 11.5. The molecule has 5 nitrogen and oxygen atoms in total. The highest BCUT2D eigenvalue weighted by molar-refractivity contribution is 7.88. The first-order valence-corrected chi connectivity index (χ1v) is 8.94. The number of nitrogens with one attached hydrogen (secondary N) is 1. The molecule has 0 amide bonds. The fourth-order valence-electron chi connectivity index (χ4n) is 2.98. The molecule has 2 aromatic rings. The topological polar surface area (TPSA) is 62.4 Å². The Labute approximate surface area is 125 Å². The third-order valence-corrected chi connectivity index (χ3v) is 5.51. The maximum Gasteiger partial charge on any atom is 0.211 e. The molecule has 0 bridgehead atoms. The molecule has 0 saturated carbocycles. The number of hydrogen-bond donors (Lipinski definition) is 1. The van der Waals surface area contributed by atoms with Gasteiger partial charge in [0.1, 0.15) is 5.75 Å². The van der Waals surface area contributed by atoms with Gasteiger partial charge in [-0.3, -0.25) is 0 Å². The minimum Gasteiger partial charge on any atom is -0.497 e. The molecule has 1 saturated heterocycles. The summed E-state index contributed by atoms with van der Waals surface area (Å²) in [5.74, 6) is 1.24. The van der Waals surface area contributed by atoms with Crippen LogP contribution in [0.2, 0.25) is 0 Å². The Morgan fingerprint density at radius 1 is 1.24 bits per heavy atom. The molecule has 0 spiro atoms. The predicted molar refractivity (Wildman–Crippen MR) is 83.2 cm³/mol. The van der Waals surface area contributed by atoms with E-state index in [9.17, 15) is 8.42 Å². The molecule has 1 fully saturated rings. The Morgan fingerprint density at radius 3 is 2.57 bits per heavy atom. The number of benzene rings is 1. The minimum absolute atomic E-state index is 0.390. The summed E-state index contributed by atoms with van der Waals surface area (Å²) in [6.45, 7) is 1.20. The molecule has 1 aliphatic rings. The normalized spacial score (nSPS) is 18.2. The molecular formula is C15H20N2O3S. The number of methoxy groups -OCH3 is 1. The Kier molecular flexibility index (Phi) is 3.67. The molecule has 0 radical (unpaired) electrons. The van der Waals surface area contributed by atoms with Crippen molar-refractivity contribution < 1.29 is 13.2 Å². The van der Waals surface area contributed by atoms with Crippen LogP contribution in [0.25, 0.3) is 10.9 Å². The van der Waals surface area contributed by atoms with Gasteiger partial charge in [-0.25, -0.2) is 12.7 Å². The van der Waals surface area contributed by atoms with Gasteiger partial charge in [0.2, 0.25) is 10.0 Å². The zero-order valence-corrected chi connectivity index (χ0v) is 13.1. The monoisotopic (exact) mass is 308 g/mol. The van der Waals surface area contributed by atoms with Crippen LogP contribution in [0.3, 0.4) is 0 Å². The summed E-state index contributed by atoms with van der Waals surface area (Å²) in [6, 6.07) is 8.12. The molecule has 1 N–H and O–H groups in total. The lowest BCUT2D eigenvalue weighted by Gasteiger charge is -2.29. The molecule has 21 heavy (non-hydrogen) atoms. The van der Waals surface area contributed by atoms with Crippen LogP contribution < -0.4 is 4.74 Å². The number of aromatic nitrogens is 1. The number of aromatic amines is 1. The average molecular weight is 308 g/mol. The fourth-order valence-corrected chi connectivity index (χ4v) is 3.85. The minimum atomic E-state index is -3.06. The lowest BCUT2D eigenvalue weighted by atomic mass is 9.95. The van der Waals surface area contributed by atoms with Crippen LogP contribution in [-0.4, -0.2) is 44.2 Å². The summed E-state index contributed by atoms with van der Waals surface area (Å²) in [5, 5.41) is 1.13. The summed E-state index contributed by atoms with van der Waals surface area (Å²) < 4.78 is 29.9. The van der Waals surface area contributed by atoms with Crippen LogP contribution in [0.5, 0.6) is 5.75 Å². The lowest BCUT2D eigenvalue weighted by Crippen LogP contribution is -2.37. The molecule has 6 heteroatoms. The zero-order chi connectivity index (χ0) is 15.0. The first kappa shape index (κ1) is 14.4. The Hall–Kier alpha value is -1.53.